The van der Waals surface area contributed by atoms with E-state index in [1.54, 1.807) is 0 Å². The van der Waals surface area contributed by atoms with Crippen molar-refractivity contribution in [2.24, 2.45) is 17.8 Å². The van der Waals surface area contributed by atoms with Crippen molar-refractivity contribution in [1.29, 1.82) is 0 Å². The van der Waals surface area contributed by atoms with Gasteiger partial charge in [-0.1, -0.05) is 12.1 Å². The second kappa shape index (κ2) is 4.83. The molecule has 1 saturated carbocycles. The minimum Gasteiger partial charge on any atom is -0.493 e. The van der Waals surface area contributed by atoms with E-state index in [1.165, 1.54) is 6.07 Å². The SMILES string of the molecule is FC(F)(F)C(F)(F)c1cccc(OCC2C3COCC32)c1. The molecule has 1 heterocycles. The standard InChI is InChI=1S/C14H13F5O2/c15-13(16,14(17,18)19)8-2-1-3-9(4-8)21-7-12-10-5-20-6-11(10)12/h1-4,10-12H,5-7H2. The molecule has 21 heavy (non-hydrogen) atoms. The van der Waals surface area contributed by atoms with Crippen LogP contribution in [-0.4, -0.2) is 26.0 Å². The minimum absolute atomic E-state index is 0.0299. The van der Waals surface area contributed by atoms with Crippen molar-refractivity contribution in [3.05, 3.63) is 29.8 Å². The quantitative estimate of drug-likeness (QED) is 0.791. The van der Waals surface area contributed by atoms with Crippen LogP contribution in [0.5, 0.6) is 5.75 Å². The Bertz CT molecular complexity index is 518. The van der Waals surface area contributed by atoms with Crippen molar-refractivity contribution >= 4 is 0 Å². The summed E-state index contributed by atoms with van der Waals surface area (Å²) in [5.41, 5.74) is -1.10. The molecule has 0 bridgehead atoms. The Morgan fingerprint density at radius 1 is 1.10 bits per heavy atom. The van der Waals surface area contributed by atoms with Crippen molar-refractivity contribution in [2.75, 3.05) is 19.8 Å². The van der Waals surface area contributed by atoms with E-state index in [9.17, 15) is 22.0 Å². The van der Waals surface area contributed by atoms with E-state index in [0.29, 0.717) is 37.6 Å². The Morgan fingerprint density at radius 2 is 1.76 bits per heavy atom. The van der Waals surface area contributed by atoms with Crippen LogP contribution in [0.4, 0.5) is 22.0 Å². The van der Waals surface area contributed by atoms with Gasteiger partial charge in [0.05, 0.1) is 19.8 Å². The molecular formula is C14H13F5O2. The molecular weight excluding hydrogens is 295 g/mol. The van der Waals surface area contributed by atoms with Gasteiger partial charge in [-0.3, -0.25) is 0 Å². The molecule has 0 amide bonds. The average Bonchev–Trinajstić information content (AvgIpc) is 2.84. The summed E-state index contributed by atoms with van der Waals surface area (Å²) in [5, 5.41) is 0. The fourth-order valence-corrected chi connectivity index (χ4v) is 2.74. The summed E-state index contributed by atoms with van der Waals surface area (Å²) < 4.78 is 74.0. The average molecular weight is 308 g/mol. The number of ether oxygens (including phenoxy) is 2. The molecule has 1 aliphatic heterocycles. The highest BCUT2D eigenvalue weighted by molar-refractivity contribution is 5.32. The second-order valence-electron chi connectivity index (χ2n) is 5.44. The third-order valence-corrected chi connectivity index (χ3v) is 4.12. The molecule has 7 heteroatoms. The van der Waals surface area contributed by atoms with Crippen LogP contribution in [-0.2, 0) is 10.7 Å². The molecule has 0 N–H and O–H groups in total. The van der Waals surface area contributed by atoms with Crippen molar-refractivity contribution in [1.82, 2.24) is 0 Å². The first-order valence-electron chi connectivity index (χ1n) is 6.56. The van der Waals surface area contributed by atoms with Crippen LogP contribution in [0, 0.1) is 17.8 Å². The normalized spacial score (nSPS) is 28.3. The van der Waals surface area contributed by atoms with Crippen molar-refractivity contribution in [3.8, 4) is 5.75 Å². The monoisotopic (exact) mass is 308 g/mol. The van der Waals surface area contributed by atoms with E-state index in [4.69, 9.17) is 9.47 Å². The number of hydrogen-bond donors (Lipinski definition) is 0. The van der Waals surface area contributed by atoms with Crippen LogP contribution < -0.4 is 4.74 Å². The molecule has 116 valence electrons. The lowest BCUT2D eigenvalue weighted by atomic mass is 10.1. The lowest BCUT2D eigenvalue weighted by Crippen LogP contribution is -2.33. The molecule has 3 rings (SSSR count). The van der Waals surface area contributed by atoms with Gasteiger partial charge in [-0.05, 0) is 24.0 Å². The highest BCUT2D eigenvalue weighted by atomic mass is 19.4. The van der Waals surface area contributed by atoms with Gasteiger partial charge >= 0.3 is 12.1 Å². The highest BCUT2D eigenvalue weighted by Crippen LogP contribution is 2.51. The Kier molecular flexibility index (Phi) is 3.35. The third-order valence-electron chi connectivity index (χ3n) is 4.12. The number of rotatable bonds is 4. The summed E-state index contributed by atoms with van der Waals surface area (Å²) in [6.07, 6.45) is -5.61. The maximum absolute atomic E-state index is 13.2. The first-order valence-corrected chi connectivity index (χ1v) is 6.56. The summed E-state index contributed by atoms with van der Waals surface area (Å²) in [5.74, 6) is -3.67. The Morgan fingerprint density at radius 3 is 2.38 bits per heavy atom. The van der Waals surface area contributed by atoms with Crippen LogP contribution in [0.2, 0.25) is 0 Å². The molecule has 2 atom stereocenters. The van der Waals surface area contributed by atoms with E-state index in [0.717, 1.165) is 18.2 Å². The topological polar surface area (TPSA) is 18.5 Å². The van der Waals surface area contributed by atoms with E-state index in [1.807, 2.05) is 0 Å². The number of halogens is 5. The summed E-state index contributed by atoms with van der Waals surface area (Å²) in [6, 6.07) is 4.02. The van der Waals surface area contributed by atoms with Crippen LogP contribution in [0.1, 0.15) is 5.56 Å². The van der Waals surface area contributed by atoms with Crippen LogP contribution >= 0.6 is 0 Å². The molecule has 0 spiro atoms. The smallest absolute Gasteiger partial charge is 0.458 e. The summed E-state index contributed by atoms with van der Waals surface area (Å²) in [4.78, 5) is 0. The van der Waals surface area contributed by atoms with E-state index >= 15 is 0 Å². The van der Waals surface area contributed by atoms with Gasteiger partial charge in [-0.25, -0.2) is 0 Å². The van der Waals surface area contributed by atoms with Gasteiger partial charge in [-0.15, -0.1) is 0 Å². The van der Waals surface area contributed by atoms with Gasteiger partial charge in [0.2, 0.25) is 0 Å². The van der Waals surface area contributed by atoms with Crippen LogP contribution in [0.3, 0.4) is 0 Å². The van der Waals surface area contributed by atoms with Gasteiger partial charge in [0.15, 0.2) is 0 Å². The van der Waals surface area contributed by atoms with Crippen molar-refractivity contribution in [3.63, 3.8) is 0 Å². The highest BCUT2D eigenvalue weighted by Gasteiger charge is 2.59. The van der Waals surface area contributed by atoms with Gasteiger partial charge in [0, 0.05) is 11.5 Å². The maximum atomic E-state index is 13.2. The minimum atomic E-state index is -5.61. The number of alkyl halides is 5. The summed E-state index contributed by atoms with van der Waals surface area (Å²) in [6.45, 7) is 1.66. The van der Waals surface area contributed by atoms with Gasteiger partial charge in [-0.2, -0.15) is 22.0 Å². The van der Waals surface area contributed by atoms with Crippen LogP contribution in [0.25, 0.3) is 0 Å². The summed E-state index contributed by atoms with van der Waals surface area (Å²) >= 11 is 0. The lowest BCUT2D eigenvalue weighted by Gasteiger charge is -2.20. The third kappa shape index (κ3) is 2.59. The maximum Gasteiger partial charge on any atom is 0.458 e. The molecule has 0 aromatic heterocycles. The summed E-state index contributed by atoms with van der Waals surface area (Å²) in [7, 11) is 0. The molecule has 2 fully saturated rings. The van der Waals surface area contributed by atoms with E-state index in [-0.39, 0.29) is 5.75 Å². The lowest BCUT2D eigenvalue weighted by molar-refractivity contribution is -0.289. The zero-order chi connectivity index (χ0) is 15.3. The zero-order valence-electron chi connectivity index (χ0n) is 10.9. The molecule has 0 radical (unpaired) electrons. The molecule has 2 nitrogen and oxygen atoms in total. The van der Waals surface area contributed by atoms with E-state index in [2.05, 4.69) is 0 Å². The number of hydrogen-bond acceptors (Lipinski definition) is 2. The predicted molar refractivity (Wildman–Crippen MR) is 63.2 cm³/mol. The Balaban J connectivity index is 1.66. The Labute approximate surface area is 117 Å². The second-order valence-corrected chi connectivity index (χ2v) is 5.44. The molecule has 1 aliphatic carbocycles. The Hall–Kier alpha value is -1.37. The van der Waals surface area contributed by atoms with Crippen LogP contribution in [0.15, 0.2) is 24.3 Å². The predicted octanol–water partition coefficient (Wildman–Crippen LogP) is 3.61. The first-order chi connectivity index (χ1) is 9.80. The molecule has 1 aromatic carbocycles. The van der Waals surface area contributed by atoms with Gasteiger partial charge in [0.25, 0.3) is 0 Å². The van der Waals surface area contributed by atoms with Gasteiger partial charge in [0.1, 0.15) is 5.75 Å². The number of benzene rings is 1. The molecule has 2 unspecified atom stereocenters. The molecule has 1 saturated heterocycles. The molecule has 1 aromatic rings. The fourth-order valence-electron chi connectivity index (χ4n) is 2.74. The largest absolute Gasteiger partial charge is 0.493 e. The number of fused-ring (bicyclic) bond motifs is 1. The first kappa shape index (κ1) is 14.6. The van der Waals surface area contributed by atoms with Crippen molar-refractivity contribution < 1.29 is 31.4 Å². The molecule has 2 aliphatic rings. The van der Waals surface area contributed by atoms with E-state index < -0.39 is 17.7 Å². The zero-order valence-corrected chi connectivity index (χ0v) is 10.9. The fraction of sp³-hybridized carbons (Fsp3) is 0.571. The van der Waals surface area contributed by atoms with Gasteiger partial charge < -0.3 is 9.47 Å². The van der Waals surface area contributed by atoms with Crippen molar-refractivity contribution in [2.45, 2.75) is 12.1 Å².